The van der Waals surface area contributed by atoms with Crippen LogP contribution < -0.4 is 5.43 Å². The Kier molecular flexibility index (Phi) is 5.26. The molecule has 1 heterocycles. The number of aromatic nitrogens is 1. The first-order chi connectivity index (χ1) is 8.10. The number of rotatable bonds is 6. The van der Waals surface area contributed by atoms with Crippen LogP contribution in [-0.4, -0.2) is 9.67 Å². The standard InChI is InChI=1S/C14H23NO2/c1-4-6-7-12(5-2)10-15-9-8-13(16)14(17)11(15)3/h8-9,12,17H,4-7,10H2,1-3H3. The Bertz CT molecular complexity index is 409. The first-order valence-electron chi connectivity index (χ1n) is 6.49. The molecule has 0 radical (unpaired) electrons. The molecule has 1 aromatic rings. The molecule has 1 unspecified atom stereocenters. The number of aromatic hydroxyl groups is 1. The molecule has 0 aromatic carbocycles. The Morgan fingerprint density at radius 1 is 1.41 bits per heavy atom. The Hall–Kier alpha value is -1.25. The zero-order valence-corrected chi connectivity index (χ0v) is 11.1. The third-order valence-corrected chi connectivity index (χ3v) is 3.41. The van der Waals surface area contributed by atoms with E-state index in [-0.39, 0.29) is 11.2 Å². The Labute approximate surface area is 103 Å². The molecule has 0 saturated carbocycles. The average Bonchev–Trinajstić information content (AvgIpc) is 2.34. The van der Waals surface area contributed by atoms with E-state index in [2.05, 4.69) is 13.8 Å². The first-order valence-corrected chi connectivity index (χ1v) is 6.49. The molecule has 1 aromatic heterocycles. The number of unbranched alkanes of at least 4 members (excludes halogenated alkanes) is 1. The molecule has 0 aliphatic rings. The van der Waals surface area contributed by atoms with E-state index in [1.54, 1.807) is 13.1 Å². The fraction of sp³-hybridized carbons (Fsp3) is 0.643. The van der Waals surface area contributed by atoms with Crippen molar-refractivity contribution in [3.05, 3.63) is 28.2 Å². The molecule has 17 heavy (non-hydrogen) atoms. The van der Waals surface area contributed by atoms with E-state index in [0.717, 1.165) is 13.0 Å². The van der Waals surface area contributed by atoms with Crippen molar-refractivity contribution in [1.29, 1.82) is 0 Å². The minimum Gasteiger partial charge on any atom is -0.503 e. The summed E-state index contributed by atoms with van der Waals surface area (Å²) in [5.41, 5.74) is 0.382. The summed E-state index contributed by atoms with van der Waals surface area (Å²) in [7, 11) is 0. The summed E-state index contributed by atoms with van der Waals surface area (Å²) < 4.78 is 1.99. The van der Waals surface area contributed by atoms with Crippen molar-refractivity contribution in [2.45, 2.75) is 53.0 Å². The van der Waals surface area contributed by atoms with Gasteiger partial charge in [-0.3, -0.25) is 4.79 Å². The van der Waals surface area contributed by atoms with Crippen molar-refractivity contribution in [2.24, 2.45) is 5.92 Å². The smallest absolute Gasteiger partial charge is 0.223 e. The molecule has 0 aliphatic carbocycles. The normalized spacial score (nSPS) is 12.6. The molecule has 0 bridgehead atoms. The number of hydrogen-bond donors (Lipinski definition) is 1. The zero-order valence-electron chi connectivity index (χ0n) is 11.1. The summed E-state index contributed by atoms with van der Waals surface area (Å²) in [6.07, 6.45) is 6.58. The fourth-order valence-electron chi connectivity index (χ4n) is 2.06. The van der Waals surface area contributed by atoms with E-state index in [0.29, 0.717) is 11.6 Å². The van der Waals surface area contributed by atoms with E-state index in [1.165, 1.54) is 25.3 Å². The van der Waals surface area contributed by atoms with Crippen LogP contribution in [0.4, 0.5) is 0 Å². The highest BCUT2D eigenvalue weighted by Gasteiger charge is 2.10. The highest BCUT2D eigenvalue weighted by Crippen LogP contribution is 2.18. The summed E-state index contributed by atoms with van der Waals surface area (Å²) in [5.74, 6) is 0.508. The van der Waals surface area contributed by atoms with Gasteiger partial charge < -0.3 is 9.67 Å². The monoisotopic (exact) mass is 237 g/mol. The van der Waals surface area contributed by atoms with Gasteiger partial charge in [0.2, 0.25) is 5.43 Å². The molecular formula is C14H23NO2. The first kappa shape index (κ1) is 13.8. The summed E-state index contributed by atoms with van der Waals surface area (Å²) in [4.78, 5) is 11.3. The zero-order chi connectivity index (χ0) is 12.8. The van der Waals surface area contributed by atoms with Crippen LogP contribution in [-0.2, 0) is 6.54 Å². The lowest BCUT2D eigenvalue weighted by atomic mass is 9.99. The molecule has 1 atom stereocenters. The minimum absolute atomic E-state index is 0.113. The van der Waals surface area contributed by atoms with Crippen LogP contribution in [0.1, 0.15) is 45.2 Å². The molecule has 3 heteroatoms. The van der Waals surface area contributed by atoms with Gasteiger partial charge in [-0.15, -0.1) is 0 Å². The van der Waals surface area contributed by atoms with E-state index in [4.69, 9.17) is 0 Å². The SMILES string of the molecule is CCCCC(CC)Cn1ccc(=O)c(O)c1C. The van der Waals surface area contributed by atoms with Gasteiger partial charge in [-0.2, -0.15) is 0 Å². The van der Waals surface area contributed by atoms with Gasteiger partial charge in [0, 0.05) is 18.8 Å². The Balaban J connectivity index is 2.79. The molecule has 0 saturated heterocycles. The van der Waals surface area contributed by atoms with Gasteiger partial charge in [-0.05, 0) is 19.3 Å². The lowest BCUT2D eigenvalue weighted by Gasteiger charge is -2.19. The van der Waals surface area contributed by atoms with Gasteiger partial charge in [0.1, 0.15) is 0 Å². The Morgan fingerprint density at radius 3 is 2.71 bits per heavy atom. The quantitative estimate of drug-likeness (QED) is 0.826. The van der Waals surface area contributed by atoms with Gasteiger partial charge in [-0.25, -0.2) is 0 Å². The average molecular weight is 237 g/mol. The van der Waals surface area contributed by atoms with Crippen molar-refractivity contribution < 1.29 is 5.11 Å². The lowest BCUT2D eigenvalue weighted by Crippen LogP contribution is -2.15. The van der Waals surface area contributed by atoms with E-state index >= 15 is 0 Å². The van der Waals surface area contributed by atoms with Gasteiger partial charge in [0.25, 0.3) is 0 Å². The van der Waals surface area contributed by atoms with Crippen LogP contribution >= 0.6 is 0 Å². The van der Waals surface area contributed by atoms with Crippen LogP contribution in [0.15, 0.2) is 17.1 Å². The van der Waals surface area contributed by atoms with Crippen molar-refractivity contribution in [1.82, 2.24) is 4.57 Å². The molecule has 1 rings (SSSR count). The van der Waals surface area contributed by atoms with E-state index in [9.17, 15) is 9.90 Å². The van der Waals surface area contributed by atoms with Crippen LogP contribution in [0, 0.1) is 12.8 Å². The van der Waals surface area contributed by atoms with Crippen LogP contribution in [0.3, 0.4) is 0 Å². The second-order valence-corrected chi connectivity index (χ2v) is 4.68. The maximum atomic E-state index is 11.3. The second kappa shape index (κ2) is 6.48. The van der Waals surface area contributed by atoms with E-state index < -0.39 is 0 Å². The summed E-state index contributed by atoms with van der Waals surface area (Å²) >= 11 is 0. The van der Waals surface area contributed by atoms with E-state index in [1.807, 2.05) is 4.57 Å². The fourth-order valence-corrected chi connectivity index (χ4v) is 2.06. The maximum absolute atomic E-state index is 11.3. The predicted molar refractivity (Wildman–Crippen MR) is 70.4 cm³/mol. The molecule has 1 N–H and O–H groups in total. The molecular weight excluding hydrogens is 214 g/mol. The van der Waals surface area contributed by atoms with Crippen LogP contribution in [0.2, 0.25) is 0 Å². The minimum atomic E-state index is -0.291. The highest BCUT2D eigenvalue weighted by molar-refractivity contribution is 5.25. The molecule has 0 spiro atoms. The van der Waals surface area contributed by atoms with Crippen LogP contribution in [0.25, 0.3) is 0 Å². The topological polar surface area (TPSA) is 42.2 Å². The predicted octanol–water partition coefficient (Wildman–Crippen LogP) is 3.08. The Morgan fingerprint density at radius 2 is 2.12 bits per heavy atom. The highest BCUT2D eigenvalue weighted by atomic mass is 16.3. The largest absolute Gasteiger partial charge is 0.503 e. The molecule has 3 nitrogen and oxygen atoms in total. The summed E-state index contributed by atoms with van der Waals surface area (Å²) in [6.45, 7) is 7.07. The van der Waals surface area contributed by atoms with Crippen molar-refractivity contribution in [2.75, 3.05) is 0 Å². The molecule has 0 amide bonds. The third kappa shape index (κ3) is 3.62. The van der Waals surface area contributed by atoms with Crippen LogP contribution in [0.5, 0.6) is 5.75 Å². The van der Waals surface area contributed by atoms with Crippen molar-refractivity contribution in [3.8, 4) is 5.75 Å². The summed E-state index contributed by atoms with van der Waals surface area (Å²) in [6, 6.07) is 1.44. The number of pyridine rings is 1. The number of nitrogens with zero attached hydrogens (tertiary/aromatic N) is 1. The van der Waals surface area contributed by atoms with Gasteiger partial charge in [0.05, 0.1) is 5.69 Å². The molecule has 0 fully saturated rings. The van der Waals surface area contributed by atoms with Crippen molar-refractivity contribution in [3.63, 3.8) is 0 Å². The molecule has 0 aliphatic heterocycles. The summed E-state index contributed by atoms with van der Waals surface area (Å²) in [5, 5.41) is 9.62. The second-order valence-electron chi connectivity index (χ2n) is 4.68. The lowest BCUT2D eigenvalue weighted by molar-refractivity contribution is 0.377. The molecule has 96 valence electrons. The van der Waals surface area contributed by atoms with Gasteiger partial charge >= 0.3 is 0 Å². The third-order valence-electron chi connectivity index (χ3n) is 3.41. The van der Waals surface area contributed by atoms with Crippen molar-refractivity contribution >= 4 is 0 Å². The van der Waals surface area contributed by atoms with Gasteiger partial charge in [0.15, 0.2) is 5.75 Å². The number of hydrogen-bond acceptors (Lipinski definition) is 2. The van der Waals surface area contributed by atoms with Gasteiger partial charge in [-0.1, -0.05) is 33.1 Å². The maximum Gasteiger partial charge on any atom is 0.223 e.